The fourth-order valence-corrected chi connectivity index (χ4v) is 2.24. The summed E-state index contributed by atoms with van der Waals surface area (Å²) in [5.74, 6) is -0.903. The summed E-state index contributed by atoms with van der Waals surface area (Å²) in [6.45, 7) is 0.218. The van der Waals surface area contributed by atoms with Gasteiger partial charge in [-0.1, -0.05) is 23.7 Å². The first kappa shape index (κ1) is 19.5. The summed E-state index contributed by atoms with van der Waals surface area (Å²) >= 11 is 5.82. The van der Waals surface area contributed by atoms with Gasteiger partial charge in [-0.05, 0) is 30.7 Å². The van der Waals surface area contributed by atoms with Gasteiger partial charge in [-0.2, -0.15) is 18.4 Å². The number of benzene rings is 1. The van der Waals surface area contributed by atoms with E-state index in [1.54, 1.807) is 31.2 Å². The van der Waals surface area contributed by atoms with Crippen LogP contribution in [0.3, 0.4) is 0 Å². The van der Waals surface area contributed by atoms with E-state index in [9.17, 15) is 18.0 Å². The van der Waals surface area contributed by atoms with Crippen molar-refractivity contribution in [1.82, 2.24) is 10.3 Å². The molecule has 9 heteroatoms. The number of ether oxygens (including phenoxy) is 1. The Morgan fingerprint density at radius 3 is 2.58 bits per heavy atom. The maximum absolute atomic E-state index is 12.2. The van der Waals surface area contributed by atoms with Crippen molar-refractivity contribution in [2.75, 3.05) is 6.61 Å². The number of carbonyl (C=O) groups is 1. The van der Waals surface area contributed by atoms with Gasteiger partial charge in [0.25, 0.3) is 5.91 Å². The molecule has 26 heavy (non-hydrogen) atoms. The van der Waals surface area contributed by atoms with Crippen LogP contribution in [0, 0.1) is 11.3 Å². The largest absolute Gasteiger partial charge is 0.467 e. The van der Waals surface area contributed by atoms with Crippen molar-refractivity contribution in [2.45, 2.75) is 19.1 Å². The Morgan fingerprint density at radius 1 is 1.38 bits per heavy atom. The topological polar surface area (TPSA) is 75.0 Å². The van der Waals surface area contributed by atoms with E-state index in [4.69, 9.17) is 16.9 Å². The first-order valence-corrected chi connectivity index (χ1v) is 7.73. The van der Waals surface area contributed by atoms with Gasteiger partial charge in [-0.3, -0.25) is 4.79 Å². The van der Waals surface area contributed by atoms with Crippen molar-refractivity contribution in [3.05, 3.63) is 58.2 Å². The molecule has 0 spiro atoms. The molecule has 1 N–H and O–H groups in total. The van der Waals surface area contributed by atoms with Gasteiger partial charge in [0.1, 0.15) is 5.02 Å². The molecule has 0 saturated carbocycles. The van der Waals surface area contributed by atoms with Crippen LogP contribution >= 0.6 is 11.6 Å². The third-order valence-corrected chi connectivity index (χ3v) is 3.60. The molecular weight excluding hydrogens is 371 g/mol. The normalized spacial score (nSPS) is 12.2. The zero-order valence-corrected chi connectivity index (χ0v) is 14.2. The minimum Gasteiger partial charge on any atom is -0.467 e. The van der Waals surface area contributed by atoms with Crippen molar-refractivity contribution in [3.8, 4) is 11.9 Å². The molecule has 0 radical (unpaired) electrons. The molecule has 1 heterocycles. The number of hydrogen-bond acceptors (Lipinski definition) is 4. The molecule has 1 unspecified atom stereocenters. The SMILES string of the molecule is CC(NC(=O)c1cnc(OCC(F)(F)F)c(Cl)c1)c1ccc(C#N)cc1. The Balaban J connectivity index is 2.04. The Bertz CT molecular complexity index is 833. The summed E-state index contributed by atoms with van der Waals surface area (Å²) in [5.41, 5.74) is 1.36. The predicted octanol–water partition coefficient (Wildman–Crippen LogP) is 4.04. The van der Waals surface area contributed by atoms with Crippen molar-refractivity contribution in [1.29, 1.82) is 5.26 Å². The highest BCUT2D eigenvalue weighted by atomic mass is 35.5. The highest BCUT2D eigenvalue weighted by molar-refractivity contribution is 6.32. The molecule has 1 aromatic heterocycles. The molecule has 1 atom stereocenters. The van der Waals surface area contributed by atoms with Crippen LogP contribution in [-0.2, 0) is 0 Å². The van der Waals surface area contributed by atoms with Crippen molar-refractivity contribution >= 4 is 17.5 Å². The Morgan fingerprint density at radius 2 is 2.04 bits per heavy atom. The molecule has 0 fully saturated rings. The lowest BCUT2D eigenvalue weighted by atomic mass is 10.1. The van der Waals surface area contributed by atoms with Crippen LogP contribution in [0.15, 0.2) is 36.5 Å². The number of rotatable bonds is 5. The summed E-state index contributed by atoms with van der Waals surface area (Å²) < 4.78 is 40.9. The fraction of sp³-hybridized carbons (Fsp3) is 0.235. The van der Waals surface area contributed by atoms with Crippen LogP contribution in [-0.4, -0.2) is 23.7 Å². The third kappa shape index (κ3) is 5.36. The van der Waals surface area contributed by atoms with Gasteiger partial charge in [0.05, 0.1) is 23.2 Å². The van der Waals surface area contributed by atoms with Crippen LogP contribution in [0.2, 0.25) is 5.02 Å². The number of nitriles is 1. The molecule has 0 saturated heterocycles. The number of carbonyl (C=O) groups excluding carboxylic acids is 1. The summed E-state index contributed by atoms with van der Waals surface area (Å²) in [5, 5.41) is 11.3. The zero-order valence-electron chi connectivity index (χ0n) is 13.5. The Hall–Kier alpha value is -2.79. The van der Waals surface area contributed by atoms with E-state index in [-0.39, 0.29) is 16.6 Å². The number of halogens is 4. The van der Waals surface area contributed by atoms with Gasteiger partial charge in [0.15, 0.2) is 6.61 Å². The second-order valence-corrected chi connectivity index (χ2v) is 5.75. The maximum atomic E-state index is 12.2. The van der Waals surface area contributed by atoms with Gasteiger partial charge in [-0.15, -0.1) is 0 Å². The van der Waals surface area contributed by atoms with E-state index in [0.717, 1.165) is 11.8 Å². The summed E-state index contributed by atoms with van der Waals surface area (Å²) in [6.07, 6.45) is -3.43. The highest BCUT2D eigenvalue weighted by Gasteiger charge is 2.29. The van der Waals surface area contributed by atoms with Crippen LogP contribution < -0.4 is 10.1 Å². The number of alkyl halides is 3. The van der Waals surface area contributed by atoms with E-state index in [1.807, 2.05) is 6.07 Å². The average Bonchev–Trinajstić information content (AvgIpc) is 2.59. The van der Waals surface area contributed by atoms with E-state index < -0.39 is 24.6 Å². The third-order valence-electron chi connectivity index (χ3n) is 3.33. The average molecular weight is 384 g/mol. The van der Waals surface area contributed by atoms with Gasteiger partial charge in [0, 0.05) is 6.20 Å². The molecular formula is C17H13ClF3N3O2. The van der Waals surface area contributed by atoms with E-state index in [2.05, 4.69) is 15.0 Å². The summed E-state index contributed by atoms with van der Waals surface area (Å²) in [6, 6.07) is 9.49. The monoisotopic (exact) mass is 383 g/mol. The molecule has 1 aromatic carbocycles. The number of nitrogens with zero attached hydrogens (tertiary/aromatic N) is 2. The Labute approximate surface area is 152 Å². The number of pyridine rings is 1. The highest BCUT2D eigenvalue weighted by Crippen LogP contribution is 2.25. The number of amides is 1. The minimum absolute atomic E-state index is 0.0786. The van der Waals surface area contributed by atoms with Crippen LogP contribution in [0.5, 0.6) is 5.88 Å². The molecule has 2 rings (SSSR count). The minimum atomic E-state index is -4.52. The van der Waals surface area contributed by atoms with Gasteiger partial charge in [-0.25, -0.2) is 4.98 Å². The van der Waals surface area contributed by atoms with Gasteiger partial charge >= 0.3 is 6.18 Å². The molecule has 2 aromatic rings. The smallest absolute Gasteiger partial charge is 0.422 e. The number of hydrogen-bond donors (Lipinski definition) is 1. The first-order valence-electron chi connectivity index (χ1n) is 7.35. The molecule has 0 bridgehead atoms. The number of nitrogens with one attached hydrogen (secondary N) is 1. The quantitative estimate of drug-likeness (QED) is 0.845. The molecule has 1 amide bonds. The standard InChI is InChI=1S/C17H13ClF3N3O2/c1-10(12-4-2-11(7-22)3-5-12)24-15(25)13-6-14(18)16(23-8-13)26-9-17(19,20)21/h2-6,8,10H,9H2,1H3,(H,24,25). The Kier molecular flexibility index (Phi) is 6.05. The van der Waals surface area contributed by atoms with Crippen LogP contribution in [0.1, 0.15) is 34.5 Å². The molecule has 0 aliphatic heterocycles. The summed E-state index contributed by atoms with van der Waals surface area (Å²) in [7, 11) is 0. The second-order valence-electron chi connectivity index (χ2n) is 5.34. The van der Waals surface area contributed by atoms with Crippen molar-refractivity contribution in [2.24, 2.45) is 0 Å². The predicted molar refractivity (Wildman–Crippen MR) is 87.8 cm³/mol. The van der Waals surface area contributed by atoms with Gasteiger partial charge in [0.2, 0.25) is 5.88 Å². The first-order chi connectivity index (χ1) is 12.2. The lowest BCUT2D eigenvalue weighted by Crippen LogP contribution is -2.27. The fourth-order valence-electron chi connectivity index (χ4n) is 2.02. The number of aromatic nitrogens is 1. The van der Waals surface area contributed by atoms with Crippen molar-refractivity contribution < 1.29 is 22.7 Å². The van der Waals surface area contributed by atoms with E-state index in [1.165, 1.54) is 6.07 Å². The zero-order chi connectivity index (χ0) is 19.3. The molecule has 0 aliphatic carbocycles. The van der Waals surface area contributed by atoms with E-state index in [0.29, 0.717) is 5.56 Å². The second kappa shape index (κ2) is 8.06. The van der Waals surface area contributed by atoms with Crippen LogP contribution in [0.25, 0.3) is 0 Å². The lowest BCUT2D eigenvalue weighted by molar-refractivity contribution is -0.154. The lowest BCUT2D eigenvalue weighted by Gasteiger charge is -2.15. The molecule has 5 nitrogen and oxygen atoms in total. The van der Waals surface area contributed by atoms with Crippen molar-refractivity contribution in [3.63, 3.8) is 0 Å². The van der Waals surface area contributed by atoms with E-state index >= 15 is 0 Å². The van der Waals surface area contributed by atoms with Crippen LogP contribution in [0.4, 0.5) is 13.2 Å². The molecule has 0 aliphatic rings. The molecule has 136 valence electrons. The maximum Gasteiger partial charge on any atom is 0.422 e. The summed E-state index contributed by atoms with van der Waals surface area (Å²) in [4.78, 5) is 15.9. The van der Waals surface area contributed by atoms with Gasteiger partial charge < -0.3 is 10.1 Å².